The highest BCUT2D eigenvalue weighted by Gasteiger charge is 2.35. The molecule has 0 aromatic carbocycles. The van der Waals surface area contributed by atoms with Gasteiger partial charge in [-0.3, -0.25) is 4.79 Å². The molecule has 1 unspecified atom stereocenters. The van der Waals surface area contributed by atoms with Gasteiger partial charge >= 0.3 is 5.97 Å². The molecule has 1 fully saturated rings. The van der Waals surface area contributed by atoms with E-state index in [1.165, 1.54) is 19.3 Å². The first-order valence-corrected chi connectivity index (χ1v) is 7.63. The third kappa shape index (κ3) is 4.77. The third-order valence-electron chi connectivity index (χ3n) is 4.58. The Bertz CT molecular complexity index is 288. The average Bonchev–Trinajstić information content (AvgIpc) is 2.78. The lowest BCUT2D eigenvalue weighted by Crippen LogP contribution is -2.43. The molecule has 1 rings (SSSR count). The van der Waals surface area contributed by atoms with E-state index in [0.29, 0.717) is 11.8 Å². The van der Waals surface area contributed by atoms with Crippen LogP contribution in [0.4, 0.5) is 0 Å². The molecule has 0 radical (unpaired) electrons. The molecule has 1 saturated heterocycles. The van der Waals surface area contributed by atoms with Crippen molar-refractivity contribution in [2.24, 2.45) is 5.41 Å². The van der Waals surface area contributed by atoms with Crippen molar-refractivity contribution in [1.29, 1.82) is 0 Å². The van der Waals surface area contributed by atoms with Crippen LogP contribution in [0.1, 0.15) is 53.4 Å². The van der Waals surface area contributed by atoms with Crippen LogP contribution in [0, 0.1) is 5.41 Å². The van der Waals surface area contributed by atoms with Crippen molar-refractivity contribution in [2.45, 2.75) is 65.5 Å². The van der Waals surface area contributed by atoms with Gasteiger partial charge in [-0.1, -0.05) is 27.7 Å². The fourth-order valence-electron chi connectivity index (χ4n) is 3.04. The van der Waals surface area contributed by atoms with Crippen LogP contribution in [0.2, 0.25) is 0 Å². The molecule has 4 heteroatoms. The van der Waals surface area contributed by atoms with Crippen molar-refractivity contribution in [3.63, 3.8) is 0 Å². The predicted molar refractivity (Wildman–Crippen MR) is 78.4 cm³/mol. The molecule has 0 spiro atoms. The third-order valence-corrected chi connectivity index (χ3v) is 4.58. The summed E-state index contributed by atoms with van der Waals surface area (Å²) >= 11 is 0. The van der Waals surface area contributed by atoms with E-state index in [2.05, 4.69) is 24.1 Å². The van der Waals surface area contributed by atoms with Crippen molar-refractivity contribution in [1.82, 2.24) is 10.2 Å². The molecule has 0 bridgehead atoms. The second kappa shape index (κ2) is 7.25. The number of carboxylic acids is 1. The highest BCUT2D eigenvalue weighted by Crippen LogP contribution is 2.36. The number of carboxylic acid groups (broad SMARTS) is 1. The molecule has 1 heterocycles. The molecule has 0 amide bonds. The van der Waals surface area contributed by atoms with Gasteiger partial charge in [0.05, 0.1) is 0 Å². The summed E-state index contributed by atoms with van der Waals surface area (Å²) in [4.78, 5) is 13.6. The molecule has 0 aromatic heterocycles. The summed E-state index contributed by atoms with van der Waals surface area (Å²) in [5.41, 5.74) is 0.476. The van der Waals surface area contributed by atoms with Gasteiger partial charge in [-0.25, -0.2) is 0 Å². The Hall–Kier alpha value is -0.610. The molecule has 0 saturated carbocycles. The van der Waals surface area contributed by atoms with Crippen molar-refractivity contribution >= 4 is 5.97 Å². The lowest BCUT2D eigenvalue weighted by Gasteiger charge is -2.27. The van der Waals surface area contributed by atoms with E-state index in [9.17, 15) is 9.90 Å². The smallest absolute Gasteiger partial charge is 0.320 e. The van der Waals surface area contributed by atoms with Crippen molar-refractivity contribution in [2.75, 3.05) is 19.6 Å². The van der Waals surface area contributed by atoms with Gasteiger partial charge in [-0.15, -0.1) is 0 Å². The van der Waals surface area contributed by atoms with Crippen molar-refractivity contribution < 1.29 is 9.90 Å². The monoisotopic (exact) mass is 270 g/mol. The summed E-state index contributed by atoms with van der Waals surface area (Å²) < 4.78 is 0. The van der Waals surface area contributed by atoms with Gasteiger partial charge in [0.25, 0.3) is 0 Å². The average molecular weight is 270 g/mol. The second-order valence-electron chi connectivity index (χ2n) is 6.23. The molecule has 2 N–H and O–H groups in total. The Kier molecular flexibility index (Phi) is 6.27. The van der Waals surface area contributed by atoms with E-state index in [1.807, 2.05) is 13.8 Å². The largest absolute Gasteiger partial charge is 0.480 e. The standard InChI is InChI=1S/C15H30N2O2/c1-5-15(6-2)8-10-17(11-15)9-7-13(14(18)19)16-12(3)4/h12-13,16H,5-11H2,1-4H3,(H,18,19). The van der Waals surface area contributed by atoms with Crippen molar-refractivity contribution in [3.05, 3.63) is 0 Å². The minimum Gasteiger partial charge on any atom is -0.480 e. The van der Waals surface area contributed by atoms with E-state index in [-0.39, 0.29) is 6.04 Å². The van der Waals surface area contributed by atoms with E-state index >= 15 is 0 Å². The fourth-order valence-corrected chi connectivity index (χ4v) is 3.04. The number of aliphatic carboxylic acids is 1. The minimum absolute atomic E-state index is 0.213. The van der Waals surface area contributed by atoms with Gasteiger partial charge in [0.15, 0.2) is 0 Å². The normalized spacial score (nSPS) is 20.9. The Morgan fingerprint density at radius 1 is 1.37 bits per heavy atom. The van der Waals surface area contributed by atoms with Gasteiger partial charge in [0.1, 0.15) is 6.04 Å². The van der Waals surface area contributed by atoms with Crippen LogP contribution in [0.15, 0.2) is 0 Å². The topological polar surface area (TPSA) is 52.6 Å². The molecule has 1 atom stereocenters. The van der Waals surface area contributed by atoms with Crippen LogP contribution in [0.3, 0.4) is 0 Å². The SMILES string of the molecule is CCC1(CC)CCN(CCC(NC(C)C)C(=O)O)C1. The van der Waals surface area contributed by atoms with E-state index in [0.717, 1.165) is 19.6 Å². The number of nitrogens with one attached hydrogen (secondary N) is 1. The molecular weight excluding hydrogens is 240 g/mol. The number of carbonyl (C=O) groups is 1. The zero-order valence-electron chi connectivity index (χ0n) is 12.9. The quantitative estimate of drug-likeness (QED) is 0.711. The molecule has 112 valence electrons. The zero-order valence-corrected chi connectivity index (χ0v) is 12.9. The van der Waals surface area contributed by atoms with E-state index in [4.69, 9.17) is 0 Å². The maximum atomic E-state index is 11.2. The number of hydrogen-bond acceptors (Lipinski definition) is 3. The summed E-state index contributed by atoms with van der Waals surface area (Å²) in [6, 6.07) is -0.205. The summed E-state index contributed by atoms with van der Waals surface area (Å²) in [6.45, 7) is 11.7. The minimum atomic E-state index is -0.731. The molecule has 19 heavy (non-hydrogen) atoms. The highest BCUT2D eigenvalue weighted by atomic mass is 16.4. The Morgan fingerprint density at radius 3 is 2.42 bits per heavy atom. The summed E-state index contributed by atoms with van der Waals surface area (Å²) in [6.07, 6.45) is 4.41. The first-order valence-electron chi connectivity index (χ1n) is 7.63. The Morgan fingerprint density at radius 2 is 2.00 bits per heavy atom. The van der Waals surface area contributed by atoms with Crippen LogP contribution >= 0.6 is 0 Å². The first-order chi connectivity index (χ1) is 8.92. The number of rotatable bonds is 8. The van der Waals surface area contributed by atoms with Crippen LogP contribution in [-0.4, -0.2) is 47.7 Å². The van der Waals surface area contributed by atoms with Gasteiger partial charge in [-0.2, -0.15) is 0 Å². The Labute approximate surface area is 117 Å². The van der Waals surface area contributed by atoms with E-state index < -0.39 is 12.0 Å². The van der Waals surface area contributed by atoms with Crippen molar-refractivity contribution in [3.8, 4) is 0 Å². The zero-order chi connectivity index (χ0) is 14.5. The molecule has 0 aromatic rings. The van der Waals surface area contributed by atoms with Gasteiger partial charge in [-0.05, 0) is 37.6 Å². The fraction of sp³-hybridized carbons (Fsp3) is 0.933. The Balaban J connectivity index is 2.42. The molecular formula is C15H30N2O2. The summed E-state index contributed by atoms with van der Waals surface area (Å²) in [7, 11) is 0. The lowest BCUT2D eigenvalue weighted by molar-refractivity contribution is -0.139. The van der Waals surface area contributed by atoms with Gasteiger partial charge in [0.2, 0.25) is 0 Å². The summed E-state index contributed by atoms with van der Waals surface area (Å²) in [5.74, 6) is -0.731. The highest BCUT2D eigenvalue weighted by molar-refractivity contribution is 5.73. The van der Waals surface area contributed by atoms with Gasteiger partial charge < -0.3 is 15.3 Å². The predicted octanol–water partition coefficient (Wildman–Crippen LogP) is 2.34. The number of hydrogen-bond donors (Lipinski definition) is 2. The van der Waals surface area contributed by atoms with Crippen LogP contribution in [-0.2, 0) is 4.79 Å². The molecule has 0 aliphatic carbocycles. The van der Waals surface area contributed by atoms with Gasteiger partial charge in [0, 0.05) is 19.1 Å². The maximum Gasteiger partial charge on any atom is 0.320 e. The van der Waals surface area contributed by atoms with Crippen LogP contribution < -0.4 is 5.32 Å². The number of likely N-dealkylation sites (tertiary alicyclic amines) is 1. The first kappa shape index (κ1) is 16.4. The van der Waals surface area contributed by atoms with Crippen LogP contribution in [0.5, 0.6) is 0 Å². The lowest BCUT2D eigenvalue weighted by atomic mass is 9.82. The molecule has 1 aliphatic rings. The van der Waals surface area contributed by atoms with Crippen LogP contribution in [0.25, 0.3) is 0 Å². The maximum absolute atomic E-state index is 11.2. The number of nitrogens with zero attached hydrogens (tertiary/aromatic N) is 1. The van der Waals surface area contributed by atoms with E-state index in [1.54, 1.807) is 0 Å². The summed E-state index contributed by atoms with van der Waals surface area (Å²) in [5, 5.41) is 12.3. The second-order valence-corrected chi connectivity index (χ2v) is 6.23. The molecule has 4 nitrogen and oxygen atoms in total. The molecule has 1 aliphatic heterocycles.